The number of nitrogens with one attached hydrogen (secondary N) is 1. The minimum atomic E-state index is -4.46. The van der Waals surface area contributed by atoms with E-state index in [1.54, 1.807) is 59.2 Å². The van der Waals surface area contributed by atoms with E-state index in [0.717, 1.165) is 0 Å². The first-order valence-electron chi connectivity index (χ1n) is 7.27. The lowest BCUT2D eigenvalue weighted by molar-refractivity contribution is -0.139. The molecule has 0 saturated carbocycles. The van der Waals surface area contributed by atoms with Gasteiger partial charge in [-0.3, -0.25) is 4.79 Å². The molecule has 0 aliphatic rings. The predicted octanol–water partition coefficient (Wildman–Crippen LogP) is 3.30. The number of alkyl halides is 3. The number of halogens is 3. The molecule has 1 N–H and O–H groups in total. The molecule has 0 fully saturated rings. The maximum atomic E-state index is 12.5. The molecule has 0 aliphatic carbocycles. The number of aromatic nitrogens is 2. The average Bonchev–Trinajstić information content (AvgIpc) is 2.98. The van der Waals surface area contributed by atoms with Crippen molar-refractivity contribution in [1.29, 1.82) is 0 Å². The molecule has 1 heterocycles. The summed E-state index contributed by atoms with van der Waals surface area (Å²) in [5.74, 6) is -0.735. The second-order valence-corrected chi connectivity index (χ2v) is 5.29. The van der Waals surface area contributed by atoms with Crippen LogP contribution in [0.15, 0.2) is 60.9 Å². The maximum absolute atomic E-state index is 12.5. The number of rotatable bonds is 4. The maximum Gasteiger partial charge on any atom is 0.405 e. The molecular weight excluding hydrogens is 319 g/mol. The summed E-state index contributed by atoms with van der Waals surface area (Å²) >= 11 is 0. The van der Waals surface area contributed by atoms with E-state index in [-0.39, 0.29) is 0 Å². The molecule has 4 nitrogen and oxygen atoms in total. The van der Waals surface area contributed by atoms with Gasteiger partial charge in [0.2, 0.25) is 5.91 Å². The molecule has 2 aromatic carbocycles. The number of imidazole rings is 1. The summed E-state index contributed by atoms with van der Waals surface area (Å²) in [5, 5.41) is 1.96. The summed E-state index contributed by atoms with van der Waals surface area (Å²) in [7, 11) is 0. The van der Waals surface area contributed by atoms with Gasteiger partial charge in [-0.05, 0) is 17.7 Å². The fourth-order valence-electron chi connectivity index (χ4n) is 2.54. The van der Waals surface area contributed by atoms with Crippen LogP contribution in [0.4, 0.5) is 13.2 Å². The molecule has 3 aromatic rings. The summed E-state index contributed by atoms with van der Waals surface area (Å²) in [6, 6.07) is 14.9. The Kier molecular flexibility index (Phi) is 4.24. The molecule has 7 heteroatoms. The fraction of sp³-hybridized carbons (Fsp3) is 0.176. The number of benzene rings is 2. The van der Waals surface area contributed by atoms with Gasteiger partial charge in [0, 0.05) is 0 Å². The molecule has 0 saturated heterocycles. The Morgan fingerprint density at radius 1 is 1.08 bits per heavy atom. The summed E-state index contributed by atoms with van der Waals surface area (Å²) in [6.07, 6.45) is -3.00. The number of hydrogen-bond acceptors (Lipinski definition) is 2. The number of hydrogen-bond donors (Lipinski definition) is 1. The molecule has 0 aliphatic heterocycles. The lowest BCUT2D eigenvalue weighted by Crippen LogP contribution is -2.38. The number of carbonyl (C=O) groups excluding carboxylic acids is 1. The first-order chi connectivity index (χ1) is 11.5. The number of carbonyl (C=O) groups is 1. The second kappa shape index (κ2) is 6.35. The Bertz CT molecular complexity index is 843. The molecule has 1 atom stereocenters. The van der Waals surface area contributed by atoms with Crippen LogP contribution in [0, 0.1) is 0 Å². The molecule has 0 spiro atoms. The van der Waals surface area contributed by atoms with Gasteiger partial charge in [0.05, 0.1) is 17.4 Å². The van der Waals surface area contributed by atoms with Crippen LogP contribution >= 0.6 is 0 Å². The molecular formula is C17H14F3N3O. The normalized spacial score (nSPS) is 13.0. The lowest BCUT2D eigenvalue weighted by Gasteiger charge is -2.20. The van der Waals surface area contributed by atoms with Crippen molar-refractivity contribution in [2.24, 2.45) is 0 Å². The van der Waals surface area contributed by atoms with Crippen molar-refractivity contribution in [3.63, 3.8) is 0 Å². The zero-order chi connectivity index (χ0) is 17.2. The molecule has 3 rings (SSSR count). The monoisotopic (exact) mass is 333 g/mol. The molecule has 1 aromatic heterocycles. The minimum absolute atomic E-state index is 0.584. The Hall–Kier alpha value is -2.83. The van der Waals surface area contributed by atoms with Gasteiger partial charge in [0.15, 0.2) is 0 Å². The van der Waals surface area contributed by atoms with E-state index in [1.807, 2.05) is 5.32 Å². The van der Waals surface area contributed by atoms with Crippen molar-refractivity contribution < 1.29 is 18.0 Å². The van der Waals surface area contributed by atoms with Gasteiger partial charge >= 0.3 is 6.18 Å². The third kappa shape index (κ3) is 3.40. The van der Waals surface area contributed by atoms with Crippen molar-refractivity contribution in [2.45, 2.75) is 12.2 Å². The van der Waals surface area contributed by atoms with Crippen LogP contribution < -0.4 is 5.32 Å². The lowest BCUT2D eigenvalue weighted by atomic mass is 10.1. The first-order valence-corrected chi connectivity index (χ1v) is 7.27. The van der Waals surface area contributed by atoms with Crippen molar-refractivity contribution in [2.75, 3.05) is 6.54 Å². The quantitative estimate of drug-likeness (QED) is 0.796. The van der Waals surface area contributed by atoms with E-state index in [4.69, 9.17) is 0 Å². The zero-order valence-electron chi connectivity index (χ0n) is 12.5. The van der Waals surface area contributed by atoms with Gasteiger partial charge < -0.3 is 9.88 Å². The van der Waals surface area contributed by atoms with Crippen LogP contribution in [0.5, 0.6) is 0 Å². The van der Waals surface area contributed by atoms with Crippen LogP contribution in [0.1, 0.15) is 11.6 Å². The summed E-state index contributed by atoms with van der Waals surface area (Å²) in [6.45, 7) is -1.37. The van der Waals surface area contributed by atoms with Gasteiger partial charge in [-0.1, -0.05) is 42.5 Å². The highest BCUT2D eigenvalue weighted by atomic mass is 19.4. The standard InChI is InChI=1S/C17H14F3N3O/c18-17(19,20)10-21-16(24)15(12-6-2-1-3-7-12)23-11-22-13-8-4-5-9-14(13)23/h1-9,11,15H,10H2,(H,21,24)/t15-/m0/s1. The SMILES string of the molecule is O=C(NCC(F)(F)F)[C@H](c1ccccc1)n1cnc2ccccc21. The smallest absolute Gasteiger partial charge is 0.345 e. The van der Waals surface area contributed by atoms with Gasteiger partial charge in [-0.2, -0.15) is 13.2 Å². The van der Waals surface area contributed by atoms with E-state index < -0.39 is 24.7 Å². The summed E-state index contributed by atoms with van der Waals surface area (Å²) in [4.78, 5) is 16.7. The second-order valence-electron chi connectivity index (χ2n) is 5.29. The van der Waals surface area contributed by atoms with Crippen molar-refractivity contribution >= 4 is 16.9 Å². The Labute approximate surface area is 135 Å². The van der Waals surface area contributed by atoms with E-state index in [1.165, 1.54) is 6.33 Å². The van der Waals surface area contributed by atoms with Crippen molar-refractivity contribution in [3.05, 3.63) is 66.5 Å². The number of para-hydroxylation sites is 2. The van der Waals surface area contributed by atoms with Crippen molar-refractivity contribution in [1.82, 2.24) is 14.9 Å². The average molecular weight is 333 g/mol. The highest BCUT2D eigenvalue weighted by Gasteiger charge is 2.31. The van der Waals surface area contributed by atoms with Crippen molar-refractivity contribution in [3.8, 4) is 0 Å². The molecule has 124 valence electrons. The fourth-order valence-corrected chi connectivity index (χ4v) is 2.54. The number of nitrogens with zero attached hydrogens (tertiary/aromatic N) is 2. The highest BCUT2D eigenvalue weighted by molar-refractivity contribution is 5.86. The first kappa shape index (κ1) is 16.0. The van der Waals surface area contributed by atoms with E-state index in [9.17, 15) is 18.0 Å². The molecule has 24 heavy (non-hydrogen) atoms. The minimum Gasteiger partial charge on any atom is -0.345 e. The van der Waals surface area contributed by atoms with Crippen LogP contribution in [-0.2, 0) is 4.79 Å². The van der Waals surface area contributed by atoms with Crippen LogP contribution in [-0.4, -0.2) is 28.2 Å². The highest BCUT2D eigenvalue weighted by Crippen LogP contribution is 2.24. The Balaban J connectivity index is 2.01. The Morgan fingerprint density at radius 3 is 2.46 bits per heavy atom. The number of amides is 1. The largest absolute Gasteiger partial charge is 0.405 e. The van der Waals surface area contributed by atoms with Gasteiger partial charge in [0.1, 0.15) is 12.6 Å². The van der Waals surface area contributed by atoms with E-state index in [0.29, 0.717) is 16.6 Å². The van der Waals surface area contributed by atoms with Gasteiger partial charge in [0.25, 0.3) is 0 Å². The van der Waals surface area contributed by atoms with Crippen LogP contribution in [0.3, 0.4) is 0 Å². The Morgan fingerprint density at radius 2 is 1.75 bits per heavy atom. The third-order valence-corrected chi connectivity index (χ3v) is 3.59. The predicted molar refractivity (Wildman–Crippen MR) is 83.4 cm³/mol. The summed E-state index contributed by atoms with van der Waals surface area (Å²) < 4.78 is 38.9. The molecule has 1 amide bonds. The zero-order valence-corrected chi connectivity index (χ0v) is 12.5. The number of fused-ring (bicyclic) bond motifs is 1. The van der Waals surface area contributed by atoms with Crippen LogP contribution in [0.2, 0.25) is 0 Å². The third-order valence-electron chi connectivity index (χ3n) is 3.59. The van der Waals surface area contributed by atoms with E-state index in [2.05, 4.69) is 4.98 Å². The summed E-state index contributed by atoms with van der Waals surface area (Å²) in [5.41, 5.74) is 1.93. The topological polar surface area (TPSA) is 46.9 Å². The molecule has 0 unspecified atom stereocenters. The van der Waals surface area contributed by atoms with Gasteiger partial charge in [-0.25, -0.2) is 4.98 Å². The van der Waals surface area contributed by atoms with Crippen LogP contribution in [0.25, 0.3) is 11.0 Å². The van der Waals surface area contributed by atoms with E-state index >= 15 is 0 Å². The van der Waals surface area contributed by atoms with Gasteiger partial charge in [-0.15, -0.1) is 0 Å². The molecule has 0 bridgehead atoms. The molecule has 0 radical (unpaired) electrons.